The molecule has 0 aromatic carbocycles. The second-order valence-corrected chi connectivity index (χ2v) is 5.76. The molecule has 1 aliphatic rings. The summed E-state index contributed by atoms with van der Waals surface area (Å²) in [5, 5.41) is 8.27. The molecule has 2 atom stereocenters. The molecule has 1 heterocycles. The van der Waals surface area contributed by atoms with Crippen LogP contribution in [0.2, 0.25) is 0 Å². The lowest BCUT2D eigenvalue weighted by Crippen LogP contribution is -2.31. The highest BCUT2D eigenvalue weighted by molar-refractivity contribution is 4.99. The van der Waals surface area contributed by atoms with E-state index < -0.39 is 0 Å². The van der Waals surface area contributed by atoms with E-state index in [2.05, 4.69) is 48.1 Å². The fraction of sp³-hybridized carbons (Fsp3) is 0.800. The first-order chi connectivity index (χ1) is 8.70. The zero-order chi connectivity index (χ0) is 13.0. The lowest BCUT2D eigenvalue weighted by atomic mass is 10.00. The SMILES string of the molecule is CCC(C)n1ccc(CN[C@H](C)C2CCCC2)n1. The van der Waals surface area contributed by atoms with E-state index >= 15 is 0 Å². The molecular formula is C15H27N3. The van der Waals surface area contributed by atoms with Crippen LogP contribution in [0, 0.1) is 5.92 Å². The normalized spacial score (nSPS) is 20.2. The van der Waals surface area contributed by atoms with Gasteiger partial charge in [0.15, 0.2) is 0 Å². The third-order valence-corrected chi connectivity index (χ3v) is 4.42. The zero-order valence-corrected chi connectivity index (χ0v) is 12.0. The van der Waals surface area contributed by atoms with Crippen molar-refractivity contribution in [2.24, 2.45) is 5.92 Å². The first kappa shape index (κ1) is 13.6. The third-order valence-electron chi connectivity index (χ3n) is 4.42. The Kier molecular flexibility index (Phi) is 4.81. The molecular weight excluding hydrogens is 222 g/mol. The Bertz CT molecular complexity index is 352. The number of rotatable bonds is 6. The number of nitrogens with one attached hydrogen (secondary N) is 1. The summed E-state index contributed by atoms with van der Waals surface area (Å²) in [4.78, 5) is 0. The largest absolute Gasteiger partial charge is 0.308 e. The molecule has 1 saturated carbocycles. The molecule has 1 aromatic heterocycles. The Morgan fingerprint density at radius 1 is 1.39 bits per heavy atom. The number of nitrogens with zero attached hydrogens (tertiary/aromatic N) is 2. The van der Waals surface area contributed by atoms with Gasteiger partial charge in [0, 0.05) is 24.8 Å². The molecule has 102 valence electrons. The minimum atomic E-state index is 0.506. The highest BCUT2D eigenvalue weighted by atomic mass is 15.3. The summed E-state index contributed by atoms with van der Waals surface area (Å²) in [7, 11) is 0. The van der Waals surface area contributed by atoms with E-state index in [4.69, 9.17) is 0 Å². The lowest BCUT2D eigenvalue weighted by molar-refractivity contribution is 0.377. The van der Waals surface area contributed by atoms with Gasteiger partial charge in [0.05, 0.1) is 5.69 Å². The maximum Gasteiger partial charge on any atom is 0.0762 e. The van der Waals surface area contributed by atoms with Crippen LogP contribution in [-0.2, 0) is 6.54 Å². The van der Waals surface area contributed by atoms with Gasteiger partial charge in [0.1, 0.15) is 0 Å². The van der Waals surface area contributed by atoms with Crippen molar-refractivity contribution in [3.05, 3.63) is 18.0 Å². The molecule has 2 rings (SSSR count). The van der Waals surface area contributed by atoms with Crippen molar-refractivity contribution in [3.63, 3.8) is 0 Å². The van der Waals surface area contributed by atoms with Gasteiger partial charge in [-0.05, 0) is 45.1 Å². The molecule has 1 fully saturated rings. The van der Waals surface area contributed by atoms with Crippen LogP contribution in [0.1, 0.15) is 64.6 Å². The molecule has 1 N–H and O–H groups in total. The Labute approximate surface area is 111 Å². The van der Waals surface area contributed by atoms with Gasteiger partial charge in [-0.3, -0.25) is 4.68 Å². The van der Waals surface area contributed by atoms with Gasteiger partial charge in [-0.2, -0.15) is 5.10 Å². The maximum absolute atomic E-state index is 4.63. The summed E-state index contributed by atoms with van der Waals surface area (Å²) >= 11 is 0. The van der Waals surface area contributed by atoms with Crippen LogP contribution >= 0.6 is 0 Å². The van der Waals surface area contributed by atoms with Gasteiger partial charge < -0.3 is 5.32 Å². The Hall–Kier alpha value is -0.830. The summed E-state index contributed by atoms with van der Waals surface area (Å²) in [6, 6.07) is 3.27. The molecule has 0 bridgehead atoms. The molecule has 1 aliphatic carbocycles. The van der Waals surface area contributed by atoms with Crippen molar-refractivity contribution in [2.45, 2.75) is 71.5 Å². The van der Waals surface area contributed by atoms with E-state index in [1.807, 2.05) is 0 Å². The van der Waals surface area contributed by atoms with Crippen LogP contribution in [0.4, 0.5) is 0 Å². The maximum atomic E-state index is 4.63. The number of hydrogen-bond acceptors (Lipinski definition) is 2. The molecule has 18 heavy (non-hydrogen) atoms. The van der Waals surface area contributed by atoms with Gasteiger partial charge in [0.2, 0.25) is 0 Å². The summed E-state index contributed by atoms with van der Waals surface area (Å²) < 4.78 is 2.08. The first-order valence-corrected chi connectivity index (χ1v) is 7.48. The summed E-state index contributed by atoms with van der Waals surface area (Å²) in [6.07, 6.45) is 8.86. The zero-order valence-electron chi connectivity index (χ0n) is 12.0. The average molecular weight is 249 g/mol. The van der Waals surface area contributed by atoms with Gasteiger partial charge in [0.25, 0.3) is 0 Å². The quantitative estimate of drug-likeness (QED) is 0.836. The number of aromatic nitrogens is 2. The van der Waals surface area contributed by atoms with Crippen molar-refractivity contribution < 1.29 is 0 Å². The van der Waals surface area contributed by atoms with Gasteiger partial charge >= 0.3 is 0 Å². The van der Waals surface area contributed by atoms with Crippen molar-refractivity contribution in [2.75, 3.05) is 0 Å². The molecule has 0 radical (unpaired) electrons. The minimum Gasteiger partial charge on any atom is -0.308 e. The number of hydrogen-bond donors (Lipinski definition) is 1. The Morgan fingerprint density at radius 2 is 2.11 bits per heavy atom. The van der Waals surface area contributed by atoms with Crippen molar-refractivity contribution >= 4 is 0 Å². The molecule has 3 nitrogen and oxygen atoms in total. The Balaban J connectivity index is 1.80. The van der Waals surface area contributed by atoms with Crippen molar-refractivity contribution in [1.29, 1.82) is 0 Å². The standard InChI is InChI=1S/C15H27N3/c1-4-12(2)18-10-9-15(17-18)11-16-13(3)14-7-5-6-8-14/h9-10,12-14,16H,4-8,11H2,1-3H3/t12?,13-/m1/s1. The van der Waals surface area contributed by atoms with Crippen LogP contribution in [-0.4, -0.2) is 15.8 Å². The molecule has 0 saturated heterocycles. The molecule has 0 amide bonds. The smallest absolute Gasteiger partial charge is 0.0762 e. The van der Waals surface area contributed by atoms with E-state index in [9.17, 15) is 0 Å². The second-order valence-electron chi connectivity index (χ2n) is 5.76. The molecule has 0 spiro atoms. The fourth-order valence-corrected chi connectivity index (χ4v) is 2.79. The van der Waals surface area contributed by atoms with E-state index in [1.165, 1.54) is 31.4 Å². The second kappa shape index (κ2) is 6.37. The third kappa shape index (κ3) is 3.35. The predicted molar refractivity (Wildman–Crippen MR) is 75.5 cm³/mol. The summed E-state index contributed by atoms with van der Waals surface area (Å²) in [5.74, 6) is 0.877. The summed E-state index contributed by atoms with van der Waals surface area (Å²) in [6.45, 7) is 7.64. The molecule has 1 unspecified atom stereocenters. The van der Waals surface area contributed by atoms with Crippen molar-refractivity contribution in [1.82, 2.24) is 15.1 Å². The highest BCUT2D eigenvalue weighted by Gasteiger charge is 2.21. The molecule has 3 heteroatoms. The fourth-order valence-electron chi connectivity index (χ4n) is 2.79. The molecule has 0 aliphatic heterocycles. The van der Waals surface area contributed by atoms with E-state index in [1.54, 1.807) is 0 Å². The van der Waals surface area contributed by atoms with Gasteiger partial charge in [-0.25, -0.2) is 0 Å². The van der Waals surface area contributed by atoms with E-state index in [0.717, 1.165) is 18.9 Å². The van der Waals surface area contributed by atoms with Crippen LogP contribution in [0.3, 0.4) is 0 Å². The van der Waals surface area contributed by atoms with Crippen LogP contribution in [0.25, 0.3) is 0 Å². The van der Waals surface area contributed by atoms with Gasteiger partial charge in [-0.1, -0.05) is 19.8 Å². The molecule has 1 aromatic rings. The van der Waals surface area contributed by atoms with E-state index in [-0.39, 0.29) is 0 Å². The first-order valence-electron chi connectivity index (χ1n) is 7.48. The van der Waals surface area contributed by atoms with E-state index in [0.29, 0.717) is 12.1 Å². The van der Waals surface area contributed by atoms with Crippen molar-refractivity contribution in [3.8, 4) is 0 Å². The summed E-state index contributed by atoms with van der Waals surface area (Å²) in [5.41, 5.74) is 1.17. The predicted octanol–water partition coefficient (Wildman–Crippen LogP) is 3.52. The average Bonchev–Trinajstić information content (AvgIpc) is 3.05. The highest BCUT2D eigenvalue weighted by Crippen LogP contribution is 2.27. The topological polar surface area (TPSA) is 29.9 Å². The van der Waals surface area contributed by atoms with Crippen LogP contribution < -0.4 is 5.32 Å². The monoisotopic (exact) mass is 249 g/mol. The van der Waals surface area contributed by atoms with Crippen LogP contribution in [0.5, 0.6) is 0 Å². The van der Waals surface area contributed by atoms with Crippen LogP contribution in [0.15, 0.2) is 12.3 Å². The Morgan fingerprint density at radius 3 is 2.78 bits per heavy atom. The minimum absolute atomic E-state index is 0.506. The lowest BCUT2D eigenvalue weighted by Gasteiger charge is -2.19. The van der Waals surface area contributed by atoms with Gasteiger partial charge in [-0.15, -0.1) is 0 Å².